The van der Waals surface area contributed by atoms with Crippen LogP contribution in [0.3, 0.4) is 0 Å². The van der Waals surface area contributed by atoms with Crippen LogP contribution in [0, 0.1) is 11.3 Å². The fraction of sp³-hybridized carbons (Fsp3) is 0.929. The lowest BCUT2D eigenvalue weighted by atomic mass is 9.87. The molecule has 0 aromatic carbocycles. The fourth-order valence-corrected chi connectivity index (χ4v) is 1.57. The smallest absolute Gasteiger partial charge is 0.138 e. The maximum atomic E-state index is 11.6. The molecule has 0 atom stereocenters. The molecule has 0 aromatic rings. The van der Waals surface area contributed by atoms with Crippen LogP contribution in [0.4, 0.5) is 0 Å². The third-order valence-electron chi connectivity index (χ3n) is 2.77. The third-order valence-corrected chi connectivity index (χ3v) is 2.77. The minimum atomic E-state index is -0.141. The molecule has 0 bridgehead atoms. The maximum Gasteiger partial charge on any atom is 0.138 e. The van der Waals surface area contributed by atoms with Gasteiger partial charge in [-0.15, -0.1) is 0 Å². The van der Waals surface area contributed by atoms with Crippen molar-refractivity contribution in [3.05, 3.63) is 0 Å². The van der Waals surface area contributed by atoms with Gasteiger partial charge in [0.25, 0.3) is 0 Å². The second-order valence-corrected chi connectivity index (χ2v) is 6.02. The first kappa shape index (κ1) is 14.7. The van der Waals surface area contributed by atoms with Crippen molar-refractivity contribution >= 4 is 5.78 Å². The van der Waals surface area contributed by atoms with Gasteiger partial charge in [0.2, 0.25) is 0 Å². The Kier molecular flexibility index (Phi) is 6.87. The van der Waals surface area contributed by atoms with Gasteiger partial charge in [0.1, 0.15) is 5.78 Å². The van der Waals surface area contributed by atoms with Crippen molar-refractivity contribution in [2.45, 2.75) is 73.1 Å². The number of carbonyl (C=O) groups excluding carboxylic acids is 1. The highest BCUT2D eigenvalue weighted by Crippen LogP contribution is 2.19. The van der Waals surface area contributed by atoms with Gasteiger partial charge in [-0.3, -0.25) is 4.79 Å². The number of rotatable bonds is 7. The molecule has 0 aliphatic heterocycles. The van der Waals surface area contributed by atoms with E-state index in [1.165, 1.54) is 25.7 Å². The van der Waals surface area contributed by atoms with Crippen LogP contribution in [0.25, 0.3) is 0 Å². The molecule has 0 spiro atoms. The van der Waals surface area contributed by atoms with Gasteiger partial charge in [-0.05, 0) is 12.3 Å². The molecule has 0 unspecified atom stereocenters. The van der Waals surface area contributed by atoms with Crippen molar-refractivity contribution in [2.75, 3.05) is 0 Å². The summed E-state index contributed by atoms with van der Waals surface area (Å²) >= 11 is 0. The van der Waals surface area contributed by atoms with E-state index >= 15 is 0 Å². The summed E-state index contributed by atoms with van der Waals surface area (Å²) in [5.41, 5.74) is -0.141. The first-order valence-corrected chi connectivity index (χ1v) is 6.37. The van der Waals surface area contributed by atoms with E-state index in [4.69, 9.17) is 0 Å². The van der Waals surface area contributed by atoms with Crippen LogP contribution in [0.15, 0.2) is 0 Å². The lowest BCUT2D eigenvalue weighted by Gasteiger charge is -2.16. The largest absolute Gasteiger partial charge is 0.299 e. The Hall–Kier alpha value is -0.330. The number of unbranched alkanes of at least 4 members (excludes halogenated alkanes) is 3. The van der Waals surface area contributed by atoms with Gasteiger partial charge in [0.05, 0.1) is 0 Å². The molecule has 15 heavy (non-hydrogen) atoms. The monoisotopic (exact) mass is 212 g/mol. The van der Waals surface area contributed by atoms with Gasteiger partial charge in [-0.1, -0.05) is 60.3 Å². The van der Waals surface area contributed by atoms with Crippen molar-refractivity contribution in [3.8, 4) is 0 Å². The third kappa shape index (κ3) is 8.65. The Morgan fingerprint density at radius 3 is 2.00 bits per heavy atom. The van der Waals surface area contributed by atoms with Crippen LogP contribution >= 0.6 is 0 Å². The highest BCUT2D eigenvalue weighted by molar-refractivity contribution is 5.83. The molecule has 0 aromatic heterocycles. The van der Waals surface area contributed by atoms with E-state index in [2.05, 4.69) is 13.8 Å². The van der Waals surface area contributed by atoms with E-state index in [-0.39, 0.29) is 5.41 Å². The van der Waals surface area contributed by atoms with Gasteiger partial charge in [-0.2, -0.15) is 0 Å². The number of ketones is 1. The predicted octanol–water partition coefficient (Wildman–Crippen LogP) is 4.60. The summed E-state index contributed by atoms with van der Waals surface area (Å²) in [4.78, 5) is 11.6. The molecule has 1 heteroatoms. The van der Waals surface area contributed by atoms with Crippen molar-refractivity contribution < 1.29 is 4.79 Å². The average molecular weight is 212 g/mol. The zero-order valence-corrected chi connectivity index (χ0v) is 11.2. The van der Waals surface area contributed by atoms with E-state index in [9.17, 15) is 4.79 Å². The highest BCUT2D eigenvalue weighted by Gasteiger charge is 2.19. The Labute approximate surface area is 95.6 Å². The van der Waals surface area contributed by atoms with Crippen LogP contribution in [0.1, 0.15) is 73.1 Å². The molecule has 0 fully saturated rings. The van der Waals surface area contributed by atoms with Crippen molar-refractivity contribution in [3.63, 3.8) is 0 Å². The summed E-state index contributed by atoms with van der Waals surface area (Å²) in [7, 11) is 0. The fourth-order valence-electron chi connectivity index (χ4n) is 1.57. The van der Waals surface area contributed by atoms with E-state index in [0.29, 0.717) is 5.78 Å². The molecular weight excluding hydrogens is 184 g/mol. The standard InChI is InChI=1S/C14H28O/c1-12(2)10-8-6-7-9-11-13(15)14(3,4)5/h12H,6-11H2,1-5H3. The molecule has 90 valence electrons. The Morgan fingerprint density at radius 1 is 1.00 bits per heavy atom. The van der Waals surface area contributed by atoms with Crippen LogP contribution < -0.4 is 0 Å². The molecule has 0 saturated heterocycles. The minimum Gasteiger partial charge on any atom is -0.299 e. The quantitative estimate of drug-likeness (QED) is 0.564. The van der Waals surface area contributed by atoms with E-state index in [0.717, 1.165) is 18.8 Å². The van der Waals surface area contributed by atoms with Crippen molar-refractivity contribution in [2.24, 2.45) is 11.3 Å². The lowest BCUT2D eigenvalue weighted by Crippen LogP contribution is -2.19. The van der Waals surface area contributed by atoms with Crippen LogP contribution in [-0.2, 0) is 4.79 Å². The molecule has 0 aliphatic rings. The number of carbonyl (C=O) groups is 1. The molecule has 0 heterocycles. The average Bonchev–Trinajstić information content (AvgIpc) is 2.08. The molecule has 0 aliphatic carbocycles. The maximum absolute atomic E-state index is 11.6. The van der Waals surface area contributed by atoms with Gasteiger partial charge < -0.3 is 0 Å². The minimum absolute atomic E-state index is 0.141. The summed E-state index contributed by atoms with van der Waals surface area (Å²) in [6.45, 7) is 10.6. The summed E-state index contributed by atoms with van der Waals surface area (Å²) in [6.07, 6.45) is 7.00. The number of hydrogen-bond donors (Lipinski definition) is 0. The summed E-state index contributed by atoms with van der Waals surface area (Å²) in [5, 5.41) is 0. The topological polar surface area (TPSA) is 17.1 Å². The number of Topliss-reactive ketones (excluding diaryl/α,β-unsaturated/α-hetero) is 1. The molecule has 0 saturated carbocycles. The Balaban J connectivity index is 3.36. The Morgan fingerprint density at radius 2 is 1.53 bits per heavy atom. The zero-order chi connectivity index (χ0) is 11.9. The van der Waals surface area contributed by atoms with Gasteiger partial charge >= 0.3 is 0 Å². The summed E-state index contributed by atoms with van der Waals surface area (Å²) in [5.74, 6) is 1.23. The van der Waals surface area contributed by atoms with E-state index in [1.54, 1.807) is 0 Å². The van der Waals surface area contributed by atoms with Crippen molar-refractivity contribution in [1.82, 2.24) is 0 Å². The van der Waals surface area contributed by atoms with Crippen LogP contribution in [-0.4, -0.2) is 5.78 Å². The summed E-state index contributed by atoms with van der Waals surface area (Å²) in [6, 6.07) is 0. The first-order chi connectivity index (χ1) is 6.84. The van der Waals surface area contributed by atoms with Gasteiger partial charge in [-0.25, -0.2) is 0 Å². The first-order valence-electron chi connectivity index (χ1n) is 6.37. The second kappa shape index (κ2) is 7.03. The SMILES string of the molecule is CC(C)CCCCCCC(=O)C(C)(C)C. The normalized spacial score (nSPS) is 12.1. The van der Waals surface area contributed by atoms with Gasteiger partial charge in [0.15, 0.2) is 0 Å². The highest BCUT2D eigenvalue weighted by atomic mass is 16.1. The zero-order valence-electron chi connectivity index (χ0n) is 11.2. The molecule has 0 N–H and O–H groups in total. The molecular formula is C14H28O. The van der Waals surface area contributed by atoms with Crippen LogP contribution in [0.2, 0.25) is 0 Å². The van der Waals surface area contributed by atoms with Crippen molar-refractivity contribution in [1.29, 1.82) is 0 Å². The van der Waals surface area contributed by atoms with E-state index < -0.39 is 0 Å². The predicted molar refractivity (Wildman–Crippen MR) is 67.0 cm³/mol. The summed E-state index contributed by atoms with van der Waals surface area (Å²) < 4.78 is 0. The number of hydrogen-bond acceptors (Lipinski definition) is 1. The molecule has 0 amide bonds. The molecule has 1 nitrogen and oxygen atoms in total. The Bertz CT molecular complexity index is 174. The van der Waals surface area contributed by atoms with Crippen LogP contribution in [0.5, 0.6) is 0 Å². The lowest BCUT2D eigenvalue weighted by molar-refractivity contribution is -0.126. The second-order valence-electron chi connectivity index (χ2n) is 6.02. The molecule has 0 radical (unpaired) electrons. The molecule has 0 rings (SSSR count). The van der Waals surface area contributed by atoms with E-state index in [1.807, 2.05) is 20.8 Å². The van der Waals surface area contributed by atoms with Gasteiger partial charge in [0, 0.05) is 11.8 Å².